The summed E-state index contributed by atoms with van der Waals surface area (Å²) in [6.45, 7) is 3.84. The molecule has 1 fully saturated rings. The third kappa shape index (κ3) is 3.50. The van der Waals surface area contributed by atoms with Gasteiger partial charge in [0.15, 0.2) is 17.4 Å². The first kappa shape index (κ1) is 17.5. The number of amides is 1. The molecule has 3 heterocycles. The van der Waals surface area contributed by atoms with Crippen LogP contribution < -0.4 is 15.4 Å². The van der Waals surface area contributed by atoms with Crippen LogP contribution in [0.5, 0.6) is 5.75 Å². The summed E-state index contributed by atoms with van der Waals surface area (Å²) in [6.07, 6.45) is 3.17. The van der Waals surface area contributed by atoms with Gasteiger partial charge in [-0.1, -0.05) is 0 Å². The van der Waals surface area contributed by atoms with Crippen molar-refractivity contribution in [3.8, 4) is 17.3 Å². The van der Waals surface area contributed by atoms with E-state index in [9.17, 15) is 9.18 Å². The van der Waals surface area contributed by atoms with Crippen molar-refractivity contribution < 1.29 is 13.9 Å². The number of imidazole rings is 1. The van der Waals surface area contributed by atoms with Crippen molar-refractivity contribution in [1.82, 2.24) is 25.5 Å². The highest BCUT2D eigenvalue weighted by molar-refractivity contribution is 5.96. The second kappa shape index (κ2) is 7.36. The van der Waals surface area contributed by atoms with Gasteiger partial charge in [-0.05, 0) is 32.9 Å². The zero-order chi connectivity index (χ0) is 18.8. The van der Waals surface area contributed by atoms with E-state index in [0.29, 0.717) is 34.8 Å². The average Bonchev–Trinajstić information content (AvgIpc) is 3.29. The van der Waals surface area contributed by atoms with Crippen LogP contribution in [-0.4, -0.2) is 45.8 Å². The fourth-order valence-corrected chi connectivity index (χ4v) is 3.28. The number of hydrogen-bond acceptors (Lipinski definition) is 5. The Morgan fingerprint density at radius 1 is 1.37 bits per heavy atom. The van der Waals surface area contributed by atoms with Crippen LogP contribution >= 0.6 is 0 Å². The summed E-state index contributed by atoms with van der Waals surface area (Å²) >= 11 is 0. The number of carbonyl (C=O) groups is 1. The van der Waals surface area contributed by atoms with Gasteiger partial charge in [0.05, 0.1) is 29.5 Å². The quantitative estimate of drug-likeness (QED) is 0.550. The van der Waals surface area contributed by atoms with Crippen molar-refractivity contribution in [3.63, 3.8) is 0 Å². The minimum absolute atomic E-state index is 0.0208. The first-order valence-corrected chi connectivity index (χ1v) is 9.03. The van der Waals surface area contributed by atoms with Gasteiger partial charge >= 0.3 is 0 Å². The lowest BCUT2D eigenvalue weighted by Crippen LogP contribution is -2.34. The first-order chi connectivity index (χ1) is 13.2. The summed E-state index contributed by atoms with van der Waals surface area (Å²) in [5, 5.41) is 13.0. The molecule has 0 unspecified atom stereocenters. The van der Waals surface area contributed by atoms with E-state index in [4.69, 9.17) is 4.74 Å². The number of aromatic amines is 2. The van der Waals surface area contributed by atoms with E-state index < -0.39 is 5.82 Å². The van der Waals surface area contributed by atoms with Crippen LogP contribution in [0.3, 0.4) is 0 Å². The van der Waals surface area contributed by atoms with Crippen LogP contribution in [0.25, 0.3) is 22.6 Å². The fourth-order valence-electron chi connectivity index (χ4n) is 3.28. The monoisotopic (exact) mass is 372 g/mol. The number of aromatic nitrogens is 4. The highest BCUT2D eigenvalue weighted by Crippen LogP contribution is 2.29. The van der Waals surface area contributed by atoms with E-state index >= 15 is 0 Å². The molecule has 0 radical (unpaired) electrons. The molecule has 1 aliphatic rings. The van der Waals surface area contributed by atoms with Gasteiger partial charge < -0.3 is 20.4 Å². The maximum absolute atomic E-state index is 14.1. The summed E-state index contributed by atoms with van der Waals surface area (Å²) in [5.41, 5.74) is 2.20. The van der Waals surface area contributed by atoms with Crippen LogP contribution in [0.2, 0.25) is 0 Å². The van der Waals surface area contributed by atoms with Gasteiger partial charge in [-0.15, -0.1) is 0 Å². The first-order valence-electron chi connectivity index (χ1n) is 9.03. The topological polar surface area (TPSA) is 108 Å². The lowest BCUT2D eigenvalue weighted by Gasteiger charge is -2.21. The molecule has 1 amide bonds. The zero-order valence-corrected chi connectivity index (χ0v) is 14.9. The van der Waals surface area contributed by atoms with Gasteiger partial charge in [0.1, 0.15) is 5.69 Å². The van der Waals surface area contributed by atoms with Crippen molar-refractivity contribution in [3.05, 3.63) is 24.1 Å². The van der Waals surface area contributed by atoms with Crippen LogP contribution in [0, 0.1) is 11.7 Å². The molecule has 0 atom stereocenters. The number of halogens is 1. The Kier molecular flexibility index (Phi) is 4.76. The van der Waals surface area contributed by atoms with E-state index in [1.54, 1.807) is 19.2 Å². The number of rotatable bonds is 5. The van der Waals surface area contributed by atoms with E-state index in [1.807, 2.05) is 0 Å². The summed E-state index contributed by atoms with van der Waals surface area (Å²) in [4.78, 5) is 20.1. The lowest BCUT2D eigenvalue weighted by molar-refractivity contribution is -0.120. The highest BCUT2D eigenvalue weighted by Gasteiger charge is 2.23. The molecule has 1 aliphatic heterocycles. The lowest BCUT2D eigenvalue weighted by atomic mass is 9.97. The average molecular weight is 372 g/mol. The molecular formula is C18H21FN6O2. The molecule has 0 aliphatic carbocycles. The van der Waals surface area contributed by atoms with Gasteiger partial charge in [-0.2, -0.15) is 5.10 Å². The number of carbonyl (C=O) groups excluding carboxylic acids is 1. The Morgan fingerprint density at radius 3 is 2.96 bits per heavy atom. The number of H-pyrrole nitrogens is 2. The van der Waals surface area contributed by atoms with Gasteiger partial charge in [-0.3, -0.25) is 9.89 Å². The number of ether oxygens (including phenoxy) is 1. The zero-order valence-electron chi connectivity index (χ0n) is 14.9. The van der Waals surface area contributed by atoms with Crippen LogP contribution in [0.1, 0.15) is 19.8 Å². The van der Waals surface area contributed by atoms with Crippen LogP contribution in [-0.2, 0) is 4.79 Å². The SMILES string of the molecule is CCOc1cc2nc(-c3[nH]ncc3NC(=O)C3CCNCC3)[nH]c2cc1F. The van der Waals surface area contributed by atoms with Crippen molar-refractivity contribution in [1.29, 1.82) is 0 Å². The highest BCUT2D eigenvalue weighted by atomic mass is 19.1. The predicted octanol–water partition coefficient (Wildman–Crippen LogP) is 2.43. The largest absolute Gasteiger partial charge is 0.491 e. The number of nitrogens with one attached hydrogen (secondary N) is 4. The van der Waals surface area contributed by atoms with Crippen molar-refractivity contribution in [2.24, 2.45) is 5.92 Å². The normalized spacial score (nSPS) is 15.2. The Hall–Kier alpha value is -2.94. The predicted molar refractivity (Wildman–Crippen MR) is 99.0 cm³/mol. The number of piperidine rings is 1. The molecular weight excluding hydrogens is 351 g/mol. The number of hydrogen-bond donors (Lipinski definition) is 4. The Bertz CT molecular complexity index is 960. The number of fused-ring (bicyclic) bond motifs is 1. The van der Waals surface area contributed by atoms with Crippen LogP contribution in [0.15, 0.2) is 18.3 Å². The molecule has 142 valence electrons. The number of nitrogens with zero attached hydrogens (tertiary/aromatic N) is 2. The molecule has 0 spiro atoms. The molecule has 9 heteroatoms. The summed E-state index contributed by atoms with van der Waals surface area (Å²) in [7, 11) is 0. The van der Waals surface area contributed by atoms with Gasteiger partial charge in [0.25, 0.3) is 0 Å². The van der Waals surface area contributed by atoms with Gasteiger partial charge in [-0.25, -0.2) is 9.37 Å². The summed E-state index contributed by atoms with van der Waals surface area (Å²) < 4.78 is 19.3. The molecule has 4 N–H and O–H groups in total. The molecule has 0 saturated carbocycles. The molecule has 3 aromatic rings. The van der Waals surface area contributed by atoms with Crippen molar-refractivity contribution >= 4 is 22.6 Å². The molecule has 8 nitrogen and oxygen atoms in total. The summed E-state index contributed by atoms with van der Waals surface area (Å²) in [6, 6.07) is 2.90. The van der Waals surface area contributed by atoms with E-state index in [2.05, 4.69) is 30.8 Å². The maximum Gasteiger partial charge on any atom is 0.227 e. The van der Waals surface area contributed by atoms with Gasteiger partial charge in [0.2, 0.25) is 5.91 Å². The molecule has 2 aromatic heterocycles. The third-order valence-electron chi connectivity index (χ3n) is 4.68. The van der Waals surface area contributed by atoms with Crippen molar-refractivity contribution in [2.75, 3.05) is 25.0 Å². The number of benzene rings is 1. The minimum atomic E-state index is -0.455. The molecule has 0 bridgehead atoms. The van der Waals surface area contributed by atoms with E-state index in [0.717, 1.165) is 25.9 Å². The van der Waals surface area contributed by atoms with E-state index in [1.165, 1.54) is 6.07 Å². The smallest absolute Gasteiger partial charge is 0.227 e. The minimum Gasteiger partial charge on any atom is -0.491 e. The van der Waals surface area contributed by atoms with Crippen LogP contribution in [0.4, 0.5) is 10.1 Å². The molecule has 4 rings (SSSR count). The second-order valence-corrected chi connectivity index (χ2v) is 6.49. The van der Waals surface area contributed by atoms with Crippen molar-refractivity contribution in [2.45, 2.75) is 19.8 Å². The van der Waals surface area contributed by atoms with E-state index in [-0.39, 0.29) is 17.6 Å². The molecule has 1 aromatic carbocycles. The Balaban J connectivity index is 1.60. The standard InChI is InChI=1S/C18H21FN6O2/c1-2-27-15-8-13-12(7-11(15)19)22-17(23-13)16-14(9-21-25-16)24-18(26)10-3-5-20-6-4-10/h7-10,20H,2-6H2,1H3,(H,21,25)(H,22,23)(H,24,26). The number of anilines is 1. The maximum atomic E-state index is 14.1. The Labute approximate surface area is 154 Å². The third-order valence-corrected chi connectivity index (χ3v) is 4.68. The molecule has 27 heavy (non-hydrogen) atoms. The second-order valence-electron chi connectivity index (χ2n) is 6.49. The summed E-state index contributed by atoms with van der Waals surface area (Å²) in [5.74, 6) is 0.124. The fraction of sp³-hybridized carbons (Fsp3) is 0.389. The Morgan fingerprint density at radius 2 is 2.19 bits per heavy atom. The molecule has 1 saturated heterocycles. The van der Waals surface area contributed by atoms with Gasteiger partial charge in [0, 0.05) is 18.1 Å².